The van der Waals surface area contributed by atoms with Gasteiger partial charge in [0.15, 0.2) is 6.10 Å². The van der Waals surface area contributed by atoms with Crippen LogP contribution in [-0.2, 0) is 11.2 Å². The third-order valence-electron chi connectivity index (χ3n) is 4.30. The molecule has 0 radical (unpaired) electrons. The van der Waals surface area contributed by atoms with Gasteiger partial charge in [0.1, 0.15) is 11.5 Å². The van der Waals surface area contributed by atoms with Crippen molar-refractivity contribution in [2.75, 3.05) is 0 Å². The molecule has 0 heterocycles. The van der Waals surface area contributed by atoms with Gasteiger partial charge in [-0.25, -0.2) is 5.43 Å². The van der Waals surface area contributed by atoms with Crippen LogP contribution in [0.5, 0.6) is 11.5 Å². The standard InChI is InChI=1S/C23H22N2O3/c1-3-7-18-10-6-11-20(22(18)26)15-24-25-23(27)16(2)28-21-13-12-17-8-4-5-9-19(17)14-21/h3-6,8-16,26H,1,7H2,2H3,(H,25,27)/b24-15-/t16-/m1/s1. The van der Waals surface area contributed by atoms with Crippen LogP contribution < -0.4 is 10.2 Å². The van der Waals surface area contributed by atoms with Crippen LogP contribution in [0, 0.1) is 0 Å². The van der Waals surface area contributed by atoms with Crippen LogP contribution in [-0.4, -0.2) is 23.3 Å². The maximum absolute atomic E-state index is 12.2. The minimum Gasteiger partial charge on any atom is -0.507 e. The van der Waals surface area contributed by atoms with Crippen LogP contribution in [0.3, 0.4) is 0 Å². The Balaban J connectivity index is 1.61. The van der Waals surface area contributed by atoms with Gasteiger partial charge in [0.25, 0.3) is 5.91 Å². The Morgan fingerprint density at radius 2 is 1.96 bits per heavy atom. The number of nitrogens with zero attached hydrogens (tertiary/aromatic N) is 1. The number of hydrazone groups is 1. The van der Waals surface area contributed by atoms with Gasteiger partial charge >= 0.3 is 0 Å². The van der Waals surface area contributed by atoms with Gasteiger partial charge in [0.05, 0.1) is 6.21 Å². The Morgan fingerprint density at radius 3 is 2.75 bits per heavy atom. The van der Waals surface area contributed by atoms with Gasteiger partial charge in [0, 0.05) is 5.56 Å². The maximum Gasteiger partial charge on any atom is 0.280 e. The summed E-state index contributed by atoms with van der Waals surface area (Å²) in [5, 5.41) is 16.3. The van der Waals surface area contributed by atoms with E-state index in [-0.39, 0.29) is 11.7 Å². The smallest absolute Gasteiger partial charge is 0.280 e. The monoisotopic (exact) mass is 374 g/mol. The number of hydrogen-bond acceptors (Lipinski definition) is 4. The fourth-order valence-corrected chi connectivity index (χ4v) is 2.79. The van der Waals surface area contributed by atoms with Crippen molar-refractivity contribution >= 4 is 22.9 Å². The highest BCUT2D eigenvalue weighted by Crippen LogP contribution is 2.22. The highest BCUT2D eigenvalue weighted by Gasteiger charge is 2.14. The first kappa shape index (κ1) is 19.2. The van der Waals surface area contributed by atoms with E-state index in [9.17, 15) is 9.90 Å². The summed E-state index contributed by atoms with van der Waals surface area (Å²) in [6.07, 6.45) is 2.95. The lowest BCUT2D eigenvalue weighted by Gasteiger charge is -2.13. The summed E-state index contributed by atoms with van der Waals surface area (Å²) < 4.78 is 5.72. The van der Waals surface area contributed by atoms with Crippen molar-refractivity contribution in [3.05, 3.63) is 84.4 Å². The zero-order valence-corrected chi connectivity index (χ0v) is 15.6. The van der Waals surface area contributed by atoms with E-state index in [2.05, 4.69) is 17.1 Å². The molecule has 0 aliphatic heterocycles. The summed E-state index contributed by atoms with van der Waals surface area (Å²) >= 11 is 0. The zero-order valence-electron chi connectivity index (χ0n) is 15.6. The number of amides is 1. The third-order valence-corrected chi connectivity index (χ3v) is 4.30. The second-order valence-electron chi connectivity index (χ2n) is 6.35. The van der Waals surface area contributed by atoms with Crippen molar-refractivity contribution in [1.29, 1.82) is 0 Å². The van der Waals surface area contributed by atoms with Crippen molar-refractivity contribution in [2.24, 2.45) is 5.10 Å². The van der Waals surface area contributed by atoms with E-state index in [1.54, 1.807) is 19.1 Å². The lowest BCUT2D eigenvalue weighted by atomic mass is 10.1. The Bertz CT molecular complexity index is 1030. The number of ether oxygens (including phenoxy) is 1. The second-order valence-corrected chi connectivity index (χ2v) is 6.35. The van der Waals surface area contributed by atoms with Gasteiger partial charge in [-0.05, 0) is 47.9 Å². The van der Waals surface area contributed by atoms with Crippen LogP contribution in [0.15, 0.2) is 78.4 Å². The Morgan fingerprint density at radius 1 is 1.18 bits per heavy atom. The zero-order chi connectivity index (χ0) is 19.9. The summed E-state index contributed by atoms with van der Waals surface area (Å²) in [6, 6.07) is 19.0. The molecule has 0 aromatic heterocycles. The molecule has 5 heteroatoms. The van der Waals surface area contributed by atoms with E-state index in [1.807, 2.05) is 54.6 Å². The lowest BCUT2D eigenvalue weighted by molar-refractivity contribution is -0.127. The molecule has 3 aromatic rings. The third kappa shape index (κ3) is 4.57. The van der Waals surface area contributed by atoms with Crippen LogP contribution in [0.25, 0.3) is 10.8 Å². The largest absolute Gasteiger partial charge is 0.507 e. The number of fused-ring (bicyclic) bond motifs is 1. The molecule has 0 aliphatic carbocycles. The number of hydrogen-bond donors (Lipinski definition) is 2. The van der Waals surface area contributed by atoms with Crippen molar-refractivity contribution in [1.82, 2.24) is 5.43 Å². The minimum atomic E-state index is -0.723. The number of aromatic hydroxyl groups is 1. The van der Waals surface area contributed by atoms with Crippen LogP contribution in [0.2, 0.25) is 0 Å². The lowest BCUT2D eigenvalue weighted by Crippen LogP contribution is -2.33. The molecule has 5 nitrogen and oxygen atoms in total. The summed E-state index contributed by atoms with van der Waals surface area (Å²) in [5.41, 5.74) is 3.71. The molecule has 0 fully saturated rings. The molecule has 3 aromatic carbocycles. The maximum atomic E-state index is 12.2. The molecule has 1 amide bonds. The van der Waals surface area contributed by atoms with E-state index >= 15 is 0 Å². The SMILES string of the molecule is C=CCc1cccc(/C=N\NC(=O)[C@@H](C)Oc2ccc3ccccc3c2)c1O. The quantitative estimate of drug-likeness (QED) is 0.370. The van der Waals surface area contributed by atoms with E-state index < -0.39 is 6.10 Å². The first-order valence-corrected chi connectivity index (χ1v) is 8.98. The van der Waals surface area contributed by atoms with E-state index in [0.717, 1.165) is 16.3 Å². The molecular formula is C23H22N2O3. The number of benzene rings is 3. The summed E-state index contributed by atoms with van der Waals surface area (Å²) in [5.74, 6) is 0.354. The van der Waals surface area contributed by atoms with Gasteiger partial charge in [0.2, 0.25) is 0 Å². The molecule has 3 rings (SSSR count). The fourth-order valence-electron chi connectivity index (χ4n) is 2.79. The summed E-state index contributed by atoms with van der Waals surface area (Å²) in [4.78, 5) is 12.2. The average molecular weight is 374 g/mol. The molecular weight excluding hydrogens is 352 g/mol. The van der Waals surface area contributed by atoms with Crippen molar-refractivity contribution in [3.8, 4) is 11.5 Å². The van der Waals surface area contributed by atoms with E-state index in [4.69, 9.17) is 4.74 Å². The number of allylic oxidation sites excluding steroid dienone is 1. The number of carbonyl (C=O) groups excluding carboxylic acids is 1. The Labute approximate surface area is 164 Å². The molecule has 28 heavy (non-hydrogen) atoms. The van der Waals surface area contributed by atoms with E-state index in [1.165, 1.54) is 6.21 Å². The van der Waals surface area contributed by atoms with Gasteiger partial charge in [-0.3, -0.25) is 4.79 Å². The predicted molar refractivity (Wildman–Crippen MR) is 112 cm³/mol. The highest BCUT2D eigenvalue weighted by atomic mass is 16.5. The van der Waals surface area contributed by atoms with Gasteiger partial charge < -0.3 is 9.84 Å². The highest BCUT2D eigenvalue weighted by molar-refractivity contribution is 5.87. The molecule has 0 spiro atoms. The normalized spacial score (nSPS) is 12.0. The van der Waals surface area contributed by atoms with Crippen molar-refractivity contribution in [2.45, 2.75) is 19.4 Å². The molecule has 0 saturated heterocycles. The number of phenols is 1. The molecule has 1 atom stereocenters. The van der Waals surface area contributed by atoms with Crippen LogP contribution >= 0.6 is 0 Å². The summed E-state index contributed by atoms with van der Waals surface area (Å²) in [7, 11) is 0. The number of para-hydroxylation sites is 1. The fraction of sp³-hybridized carbons (Fsp3) is 0.130. The minimum absolute atomic E-state index is 0.126. The molecule has 0 aliphatic rings. The first-order valence-electron chi connectivity index (χ1n) is 8.98. The molecule has 2 N–H and O–H groups in total. The number of phenolic OH excluding ortho intramolecular Hbond substituents is 1. The Kier molecular flexibility index (Phi) is 6.07. The van der Waals surface area contributed by atoms with Crippen molar-refractivity contribution < 1.29 is 14.6 Å². The van der Waals surface area contributed by atoms with Crippen LogP contribution in [0.4, 0.5) is 0 Å². The summed E-state index contributed by atoms with van der Waals surface area (Å²) in [6.45, 7) is 5.32. The van der Waals surface area contributed by atoms with Crippen molar-refractivity contribution in [3.63, 3.8) is 0 Å². The van der Waals surface area contributed by atoms with Gasteiger partial charge in [-0.15, -0.1) is 6.58 Å². The number of rotatable bonds is 7. The van der Waals surface area contributed by atoms with Gasteiger partial charge in [-0.1, -0.05) is 48.5 Å². The molecule has 0 unspecified atom stereocenters. The average Bonchev–Trinajstić information content (AvgIpc) is 2.70. The number of nitrogens with one attached hydrogen (secondary N) is 1. The Hall–Kier alpha value is -3.60. The molecule has 142 valence electrons. The van der Waals surface area contributed by atoms with Crippen LogP contribution in [0.1, 0.15) is 18.1 Å². The topological polar surface area (TPSA) is 70.9 Å². The molecule has 0 bridgehead atoms. The number of carbonyl (C=O) groups is 1. The first-order chi connectivity index (χ1) is 13.6. The van der Waals surface area contributed by atoms with E-state index in [0.29, 0.717) is 17.7 Å². The van der Waals surface area contributed by atoms with Gasteiger partial charge in [-0.2, -0.15) is 5.10 Å². The molecule has 0 saturated carbocycles. The predicted octanol–water partition coefficient (Wildman–Crippen LogP) is 4.19. The second kappa shape index (κ2) is 8.86.